The van der Waals surface area contributed by atoms with Gasteiger partial charge in [-0.3, -0.25) is 4.79 Å². The highest BCUT2D eigenvalue weighted by Crippen LogP contribution is 2.51. The van der Waals surface area contributed by atoms with Crippen LogP contribution in [0, 0.1) is 16.7 Å². The molecule has 0 amide bonds. The van der Waals surface area contributed by atoms with Crippen LogP contribution in [-0.2, 0) is 15.0 Å². The van der Waals surface area contributed by atoms with E-state index in [2.05, 4.69) is 55.1 Å². The van der Waals surface area contributed by atoms with E-state index >= 15 is 0 Å². The third-order valence-electron chi connectivity index (χ3n) is 8.56. The van der Waals surface area contributed by atoms with Gasteiger partial charge in [0, 0.05) is 23.3 Å². The van der Waals surface area contributed by atoms with E-state index in [-0.39, 0.29) is 11.0 Å². The Morgan fingerprint density at radius 3 is 2.36 bits per heavy atom. The second kappa shape index (κ2) is 11.1. The van der Waals surface area contributed by atoms with Gasteiger partial charge >= 0.3 is 11.9 Å². The maximum Gasteiger partial charge on any atom is 0.346 e. The first-order chi connectivity index (χ1) is 18.4. The molecule has 2 aromatic carbocycles. The number of anilines is 2. The van der Waals surface area contributed by atoms with Crippen molar-refractivity contribution in [3.63, 3.8) is 0 Å². The van der Waals surface area contributed by atoms with Crippen LogP contribution in [0.15, 0.2) is 60.2 Å². The molecule has 1 aliphatic heterocycles. The Morgan fingerprint density at radius 1 is 1.03 bits per heavy atom. The van der Waals surface area contributed by atoms with Crippen LogP contribution in [0.4, 0.5) is 11.4 Å². The molecule has 39 heavy (non-hydrogen) atoms. The fourth-order valence-electron chi connectivity index (χ4n) is 5.85. The number of hydrogen-bond acceptors (Lipinski definition) is 4. The van der Waals surface area contributed by atoms with Crippen molar-refractivity contribution in [2.75, 3.05) is 4.90 Å². The summed E-state index contributed by atoms with van der Waals surface area (Å²) in [5, 5.41) is 27.5. The van der Waals surface area contributed by atoms with Crippen molar-refractivity contribution in [2.24, 2.45) is 5.41 Å². The van der Waals surface area contributed by atoms with E-state index in [1.165, 1.54) is 41.4 Å². The molecule has 0 aromatic heterocycles. The van der Waals surface area contributed by atoms with Gasteiger partial charge in [0.1, 0.15) is 11.6 Å². The second-order valence-electron chi connectivity index (χ2n) is 12.1. The van der Waals surface area contributed by atoms with Gasteiger partial charge in [-0.15, -0.1) is 0 Å². The van der Waals surface area contributed by atoms with Gasteiger partial charge in [-0.05, 0) is 92.0 Å². The minimum absolute atomic E-state index is 0.136. The third-order valence-corrected chi connectivity index (χ3v) is 8.56. The molecule has 2 aromatic rings. The Labute approximate surface area is 231 Å². The lowest BCUT2D eigenvalue weighted by atomic mass is 9.75. The van der Waals surface area contributed by atoms with Gasteiger partial charge in [0.2, 0.25) is 0 Å². The van der Waals surface area contributed by atoms with Crippen LogP contribution < -0.4 is 4.90 Å². The van der Waals surface area contributed by atoms with Crippen LogP contribution in [0.1, 0.15) is 88.8 Å². The van der Waals surface area contributed by atoms with E-state index in [0.29, 0.717) is 18.4 Å². The SMILES string of the molecule is CC(C)(CCC(C)(C)c1ccc(N2c3ccc(C=CC=C(C#N)C(=O)O)cc3C3CCCCC32)cc1)C(=O)O. The average Bonchev–Trinajstić information content (AvgIpc) is 3.23. The zero-order valence-corrected chi connectivity index (χ0v) is 23.3. The lowest BCUT2D eigenvalue weighted by Gasteiger charge is -2.34. The molecule has 6 nitrogen and oxygen atoms in total. The van der Waals surface area contributed by atoms with Gasteiger partial charge in [0.25, 0.3) is 0 Å². The number of carbonyl (C=O) groups is 2. The van der Waals surface area contributed by atoms with E-state index in [4.69, 9.17) is 10.4 Å². The number of nitrogens with zero attached hydrogens (tertiary/aromatic N) is 2. The van der Waals surface area contributed by atoms with Crippen molar-refractivity contribution < 1.29 is 19.8 Å². The topological polar surface area (TPSA) is 102 Å². The fraction of sp³-hybridized carbons (Fsp3) is 0.424. The first-order valence-corrected chi connectivity index (χ1v) is 13.7. The second-order valence-corrected chi connectivity index (χ2v) is 12.1. The number of allylic oxidation sites excluding steroid dienone is 2. The molecular weight excluding hydrogens is 488 g/mol. The maximum atomic E-state index is 11.6. The van der Waals surface area contributed by atoms with Crippen LogP contribution in [0.5, 0.6) is 0 Å². The molecule has 1 heterocycles. The van der Waals surface area contributed by atoms with Gasteiger partial charge in [-0.2, -0.15) is 5.26 Å². The van der Waals surface area contributed by atoms with Crippen molar-refractivity contribution in [1.82, 2.24) is 0 Å². The number of rotatable bonds is 9. The monoisotopic (exact) mass is 526 g/mol. The van der Waals surface area contributed by atoms with Crippen LogP contribution in [0.3, 0.4) is 0 Å². The summed E-state index contributed by atoms with van der Waals surface area (Å²) < 4.78 is 0. The zero-order chi connectivity index (χ0) is 28.4. The summed E-state index contributed by atoms with van der Waals surface area (Å²) >= 11 is 0. The summed E-state index contributed by atoms with van der Waals surface area (Å²) in [5.74, 6) is -1.54. The Bertz CT molecular complexity index is 1340. The van der Waals surface area contributed by atoms with Crippen LogP contribution >= 0.6 is 0 Å². The first kappa shape index (κ1) is 28.2. The molecule has 2 atom stereocenters. The van der Waals surface area contributed by atoms with Crippen molar-refractivity contribution in [3.8, 4) is 6.07 Å². The molecule has 0 saturated heterocycles. The maximum absolute atomic E-state index is 11.6. The lowest BCUT2D eigenvalue weighted by Crippen LogP contribution is -2.32. The van der Waals surface area contributed by atoms with Crippen LogP contribution in [-0.4, -0.2) is 28.2 Å². The summed E-state index contributed by atoms with van der Waals surface area (Å²) in [4.78, 5) is 25.1. The highest BCUT2D eigenvalue weighted by Gasteiger charge is 2.40. The third kappa shape index (κ3) is 5.93. The normalized spacial score (nSPS) is 19.5. The van der Waals surface area contributed by atoms with Crippen LogP contribution in [0.25, 0.3) is 6.08 Å². The predicted molar refractivity (Wildman–Crippen MR) is 154 cm³/mol. The minimum Gasteiger partial charge on any atom is -0.481 e. The highest BCUT2D eigenvalue weighted by atomic mass is 16.4. The van der Waals surface area contributed by atoms with Crippen molar-refractivity contribution in [2.45, 2.75) is 83.6 Å². The van der Waals surface area contributed by atoms with Gasteiger partial charge < -0.3 is 15.1 Å². The molecule has 4 rings (SSSR count). The molecule has 2 N–H and O–H groups in total. The van der Waals surface area contributed by atoms with Gasteiger partial charge in [0.15, 0.2) is 0 Å². The number of carboxylic acids is 2. The van der Waals surface area contributed by atoms with E-state index in [1.54, 1.807) is 26.0 Å². The summed E-state index contributed by atoms with van der Waals surface area (Å²) in [5.41, 5.74) is 4.74. The number of fused-ring (bicyclic) bond motifs is 3. The number of nitriles is 1. The Balaban J connectivity index is 1.59. The molecule has 0 radical (unpaired) electrons. The van der Waals surface area contributed by atoms with E-state index in [9.17, 15) is 14.7 Å². The van der Waals surface area contributed by atoms with E-state index in [0.717, 1.165) is 24.8 Å². The summed E-state index contributed by atoms with van der Waals surface area (Å²) in [6.07, 6.45) is 10.9. The standard InChI is InChI=1S/C33H38N2O4/c1-32(2,18-19-33(3,4)31(38)39)24-13-15-25(16-14-24)35-28-11-6-5-10-26(28)27-20-22(12-17-29(27)35)8-7-9-23(21-34)30(36)37/h7-9,12-17,20,26,28H,5-6,10-11,18-19H2,1-4H3,(H,36,37)(H,38,39). The molecule has 204 valence electrons. The molecule has 6 heteroatoms. The predicted octanol–water partition coefficient (Wildman–Crippen LogP) is 7.58. The molecule has 1 saturated carbocycles. The largest absolute Gasteiger partial charge is 0.481 e. The Kier molecular flexibility index (Phi) is 8.02. The van der Waals surface area contributed by atoms with Crippen LogP contribution in [0.2, 0.25) is 0 Å². The molecule has 0 spiro atoms. The number of carboxylic acid groups (broad SMARTS) is 2. The van der Waals surface area contributed by atoms with Crippen molar-refractivity contribution in [3.05, 3.63) is 76.9 Å². The van der Waals surface area contributed by atoms with Gasteiger partial charge in [-0.1, -0.05) is 57.0 Å². The minimum atomic E-state index is -1.23. The summed E-state index contributed by atoms with van der Waals surface area (Å²) in [7, 11) is 0. The molecule has 1 fully saturated rings. The number of aliphatic carboxylic acids is 2. The molecule has 0 bridgehead atoms. The van der Waals surface area contributed by atoms with Gasteiger partial charge in [0.05, 0.1) is 5.41 Å². The van der Waals surface area contributed by atoms with E-state index < -0.39 is 17.4 Å². The average molecular weight is 527 g/mol. The fourth-order valence-corrected chi connectivity index (χ4v) is 5.85. The van der Waals surface area contributed by atoms with E-state index in [1.807, 2.05) is 12.1 Å². The summed E-state index contributed by atoms with van der Waals surface area (Å²) in [6.45, 7) is 7.94. The number of benzene rings is 2. The number of hydrogen-bond donors (Lipinski definition) is 2. The quantitative estimate of drug-likeness (QED) is 0.198. The van der Waals surface area contributed by atoms with Crippen molar-refractivity contribution in [1.29, 1.82) is 5.26 Å². The van der Waals surface area contributed by atoms with Crippen molar-refractivity contribution >= 4 is 29.4 Å². The highest BCUT2D eigenvalue weighted by molar-refractivity contribution is 5.91. The summed E-state index contributed by atoms with van der Waals surface area (Å²) in [6, 6.07) is 17.3. The first-order valence-electron chi connectivity index (χ1n) is 13.7. The lowest BCUT2D eigenvalue weighted by molar-refractivity contribution is -0.147. The molecule has 2 unspecified atom stereocenters. The zero-order valence-electron chi connectivity index (χ0n) is 23.3. The van der Waals surface area contributed by atoms with Gasteiger partial charge in [-0.25, -0.2) is 4.79 Å². The molecule has 2 aliphatic rings. The smallest absolute Gasteiger partial charge is 0.346 e. The Morgan fingerprint density at radius 2 is 1.72 bits per heavy atom. The molecule has 1 aliphatic carbocycles. The molecular formula is C33H38N2O4. The Hall–Kier alpha value is -3.85.